The van der Waals surface area contributed by atoms with Gasteiger partial charge in [-0.15, -0.1) is 5.10 Å². The van der Waals surface area contributed by atoms with Gasteiger partial charge in [0.15, 0.2) is 5.16 Å². The van der Waals surface area contributed by atoms with E-state index in [2.05, 4.69) is 31.4 Å². The smallest absolute Gasteiger partial charge is 0.343 e. The summed E-state index contributed by atoms with van der Waals surface area (Å²) in [6.07, 6.45) is 0.832. The van der Waals surface area contributed by atoms with Crippen LogP contribution in [0.15, 0.2) is 38.7 Å². The number of H-pyrrole nitrogens is 1. The van der Waals surface area contributed by atoms with Crippen molar-refractivity contribution in [3.63, 3.8) is 0 Å². The van der Waals surface area contributed by atoms with Gasteiger partial charge in [0.1, 0.15) is 0 Å². The Morgan fingerprint density at radius 2 is 2.22 bits per heavy atom. The number of thioether (sulfide) groups is 1. The Morgan fingerprint density at radius 1 is 1.48 bits per heavy atom. The number of hydrogen-bond acceptors (Lipinski definition) is 4. The number of benzene rings is 1. The average Bonchev–Trinajstić information content (AvgIpc) is 2.87. The summed E-state index contributed by atoms with van der Waals surface area (Å²) in [7, 11) is 0. The van der Waals surface area contributed by atoms with Gasteiger partial charge >= 0.3 is 5.69 Å². The van der Waals surface area contributed by atoms with Crippen LogP contribution in [-0.2, 0) is 11.3 Å². The van der Waals surface area contributed by atoms with E-state index in [9.17, 15) is 9.59 Å². The summed E-state index contributed by atoms with van der Waals surface area (Å²) in [4.78, 5) is 23.7. The Bertz CT molecular complexity index is 728. The molecule has 8 heteroatoms. The van der Waals surface area contributed by atoms with E-state index in [-0.39, 0.29) is 23.4 Å². The topological polar surface area (TPSA) is 79.8 Å². The number of rotatable bonds is 7. The first-order valence-corrected chi connectivity index (χ1v) is 9.12. The van der Waals surface area contributed by atoms with Gasteiger partial charge < -0.3 is 5.32 Å². The number of carbonyl (C=O) groups is 1. The molecule has 2 N–H and O–H groups in total. The number of halogens is 1. The quantitative estimate of drug-likeness (QED) is 0.702. The van der Waals surface area contributed by atoms with E-state index >= 15 is 0 Å². The number of hydrogen-bond donors (Lipinski definition) is 2. The predicted octanol–water partition coefficient (Wildman–Crippen LogP) is 2.71. The number of carbonyl (C=O) groups excluding carboxylic acids is 1. The molecule has 0 aliphatic carbocycles. The molecule has 0 spiro atoms. The first kappa shape index (κ1) is 17.8. The number of aromatic amines is 1. The summed E-state index contributed by atoms with van der Waals surface area (Å²) in [5.41, 5.74) is 0.782. The van der Waals surface area contributed by atoms with Gasteiger partial charge in [-0.1, -0.05) is 52.8 Å². The second-order valence-electron chi connectivity index (χ2n) is 5.06. The number of nitrogens with zero attached hydrogens (tertiary/aromatic N) is 2. The summed E-state index contributed by atoms with van der Waals surface area (Å²) in [6.45, 7) is 4.51. The van der Waals surface area contributed by atoms with E-state index in [1.165, 1.54) is 11.8 Å². The van der Waals surface area contributed by atoms with Crippen molar-refractivity contribution >= 4 is 33.6 Å². The molecule has 0 saturated carbocycles. The zero-order valence-electron chi connectivity index (χ0n) is 13.0. The molecule has 0 fully saturated rings. The molecule has 124 valence electrons. The van der Waals surface area contributed by atoms with Gasteiger partial charge in [-0.3, -0.25) is 9.36 Å². The van der Waals surface area contributed by atoms with E-state index < -0.39 is 0 Å². The minimum Gasteiger partial charge on any atom is -0.349 e. The summed E-state index contributed by atoms with van der Waals surface area (Å²) in [6, 6.07) is 7.68. The largest absolute Gasteiger partial charge is 0.349 e. The van der Waals surface area contributed by atoms with Crippen LogP contribution in [0.1, 0.15) is 31.9 Å². The third-order valence-corrected chi connectivity index (χ3v) is 4.95. The lowest BCUT2D eigenvalue weighted by Gasteiger charge is -2.15. The van der Waals surface area contributed by atoms with Crippen LogP contribution in [-0.4, -0.2) is 26.4 Å². The highest BCUT2D eigenvalue weighted by Gasteiger charge is 2.14. The summed E-state index contributed by atoms with van der Waals surface area (Å²) >= 11 is 4.74. The fourth-order valence-corrected chi connectivity index (χ4v) is 3.56. The normalized spacial score (nSPS) is 12.1. The minimum absolute atomic E-state index is 0.100. The third kappa shape index (κ3) is 4.71. The van der Waals surface area contributed by atoms with E-state index in [1.54, 1.807) is 4.57 Å². The van der Waals surface area contributed by atoms with Crippen LogP contribution in [0, 0.1) is 0 Å². The van der Waals surface area contributed by atoms with Crippen molar-refractivity contribution in [3.8, 4) is 0 Å². The molecule has 0 bridgehead atoms. The van der Waals surface area contributed by atoms with Gasteiger partial charge in [-0.05, 0) is 25.0 Å². The maximum absolute atomic E-state index is 12.1. The monoisotopic (exact) mass is 398 g/mol. The summed E-state index contributed by atoms with van der Waals surface area (Å²) < 4.78 is 2.51. The van der Waals surface area contributed by atoms with E-state index in [1.807, 2.05) is 38.1 Å². The highest BCUT2D eigenvalue weighted by molar-refractivity contribution is 9.10. The molecule has 1 heterocycles. The van der Waals surface area contributed by atoms with Crippen LogP contribution in [0.3, 0.4) is 0 Å². The molecule has 2 aromatic rings. The number of aromatic nitrogens is 3. The molecule has 1 amide bonds. The lowest BCUT2D eigenvalue weighted by molar-refractivity contribution is -0.119. The van der Waals surface area contributed by atoms with Crippen molar-refractivity contribution in [2.24, 2.45) is 0 Å². The molecule has 1 atom stereocenters. The Kier molecular flexibility index (Phi) is 6.47. The van der Waals surface area contributed by atoms with E-state index in [0.717, 1.165) is 16.5 Å². The molecule has 23 heavy (non-hydrogen) atoms. The van der Waals surface area contributed by atoms with Crippen LogP contribution >= 0.6 is 27.7 Å². The van der Waals surface area contributed by atoms with Crippen LogP contribution in [0.25, 0.3) is 0 Å². The van der Waals surface area contributed by atoms with Crippen molar-refractivity contribution in [1.82, 2.24) is 20.1 Å². The highest BCUT2D eigenvalue weighted by atomic mass is 79.9. The molecule has 1 aromatic heterocycles. The Balaban J connectivity index is 1.93. The van der Waals surface area contributed by atoms with Gasteiger partial charge in [0.2, 0.25) is 5.91 Å². The maximum atomic E-state index is 12.1. The van der Waals surface area contributed by atoms with Crippen molar-refractivity contribution in [3.05, 3.63) is 44.8 Å². The second kappa shape index (κ2) is 8.35. The molecule has 6 nitrogen and oxygen atoms in total. The van der Waals surface area contributed by atoms with Crippen molar-refractivity contribution in [2.45, 2.75) is 38.0 Å². The number of nitrogens with one attached hydrogen (secondary N) is 2. The standard InChI is InChI=1S/C15H19BrN4O2S/c1-3-8-20-14(22)18-19-15(20)23-9-13(21)17-10(2)11-6-4-5-7-12(11)16/h4-7,10H,3,8-9H2,1-2H3,(H,17,21)(H,18,22)/t10-/m1/s1. The Labute approximate surface area is 147 Å². The van der Waals surface area contributed by atoms with Gasteiger partial charge in [-0.25, -0.2) is 9.89 Å². The van der Waals surface area contributed by atoms with Gasteiger partial charge in [0.25, 0.3) is 0 Å². The minimum atomic E-state index is -0.239. The maximum Gasteiger partial charge on any atom is 0.343 e. The molecular weight excluding hydrogens is 380 g/mol. The first-order valence-electron chi connectivity index (χ1n) is 7.34. The second-order valence-corrected chi connectivity index (χ2v) is 6.86. The first-order chi connectivity index (χ1) is 11.0. The third-order valence-electron chi connectivity index (χ3n) is 3.25. The van der Waals surface area contributed by atoms with Gasteiger partial charge in [-0.2, -0.15) is 0 Å². The van der Waals surface area contributed by atoms with Gasteiger partial charge in [0.05, 0.1) is 11.8 Å². The fraction of sp³-hybridized carbons (Fsp3) is 0.400. The SMILES string of the molecule is CCCn1c(SCC(=O)N[C@H](C)c2ccccc2Br)n[nH]c1=O. The Hall–Kier alpha value is -1.54. The molecule has 0 saturated heterocycles. The number of amides is 1. The zero-order valence-corrected chi connectivity index (χ0v) is 15.4. The molecular formula is C15H19BrN4O2S. The molecule has 0 aliphatic heterocycles. The van der Waals surface area contributed by atoms with Crippen molar-refractivity contribution < 1.29 is 4.79 Å². The van der Waals surface area contributed by atoms with Crippen molar-refractivity contribution in [2.75, 3.05) is 5.75 Å². The van der Waals surface area contributed by atoms with Crippen LogP contribution in [0.5, 0.6) is 0 Å². The summed E-state index contributed by atoms with van der Waals surface area (Å²) in [5.74, 6) is 0.111. The fourth-order valence-electron chi connectivity index (χ4n) is 2.15. The average molecular weight is 399 g/mol. The van der Waals surface area contributed by atoms with Gasteiger partial charge in [0, 0.05) is 11.0 Å². The molecule has 0 radical (unpaired) electrons. The lowest BCUT2D eigenvalue weighted by Crippen LogP contribution is -2.28. The molecule has 0 aliphatic rings. The highest BCUT2D eigenvalue weighted by Crippen LogP contribution is 2.23. The Morgan fingerprint density at radius 3 is 2.91 bits per heavy atom. The van der Waals surface area contributed by atoms with Crippen LogP contribution < -0.4 is 11.0 Å². The van der Waals surface area contributed by atoms with E-state index in [4.69, 9.17) is 0 Å². The predicted molar refractivity (Wildman–Crippen MR) is 94.6 cm³/mol. The van der Waals surface area contributed by atoms with Crippen molar-refractivity contribution in [1.29, 1.82) is 0 Å². The molecule has 0 unspecified atom stereocenters. The lowest BCUT2D eigenvalue weighted by atomic mass is 10.1. The van der Waals surface area contributed by atoms with Crippen LogP contribution in [0.2, 0.25) is 0 Å². The molecule has 2 rings (SSSR count). The molecule has 1 aromatic carbocycles. The summed E-state index contributed by atoms with van der Waals surface area (Å²) in [5, 5.41) is 9.87. The zero-order chi connectivity index (χ0) is 16.8. The van der Waals surface area contributed by atoms with E-state index in [0.29, 0.717) is 11.7 Å². The van der Waals surface area contributed by atoms with Crippen LogP contribution in [0.4, 0.5) is 0 Å².